The molecule has 20 heavy (non-hydrogen) atoms. The average Bonchev–Trinajstić information content (AvgIpc) is 2.56. The van der Waals surface area contributed by atoms with Gasteiger partial charge in [0.2, 0.25) is 0 Å². The van der Waals surface area contributed by atoms with E-state index < -0.39 is 0 Å². The predicted octanol–water partition coefficient (Wildman–Crippen LogP) is 2.92. The third-order valence-corrected chi connectivity index (χ3v) is 4.37. The van der Waals surface area contributed by atoms with Gasteiger partial charge in [-0.1, -0.05) is 60.7 Å². The number of carbonyl (C=O) groups is 1. The third-order valence-electron chi connectivity index (χ3n) is 4.37. The fourth-order valence-corrected chi connectivity index (χ4v) is 3.19. The van der Waals surface area contributed by atoms with Crippen LogP contribution in [0.2, 0.25) is 0 Å². The molecule has 2 aromatic carbocycles. The van der Waals surface area contributed by atoms with Crippen molar-refractivity contribution in [1.82, 2.24) is 5.32 Å². The first-order chi connectivity index (χ1) is 9.85. The van der Waals surface area contributed by atoms with Gasteiger partial charge < -0.3 is 10.1 Å². The second-order valence-corrected chi connectivity index (χ2v) is 5.48. The second-order valence-electron chi connectivity index (χ2n) is 5.48. The number of aldehydes is 1. The fraction of sp³-hybridized carbons (Fsp3) is 0.278. The van der Waals surface area contributed by atoms with Crippen LogP contribution in [0.25, 0.3) is 0 Å². The smallest absolute Gasteiger partial charge is 0.136 e. The maximum Gasteiger partial charge on any atom is 0.136 e. The molecule has 102 valence electrons. The molecule has 1 saturated heterocycles. The Kier molecular flexibility index (Phi) is 3.66. The van der Waals surface area contributed by atoms with Crippen molar-refractivity contribution in [3.05, 3.63) is 71.8 Å². The van der Waals surface area contributed by atoms with Crippen molar-refractivity contribution in [2.45, 2.75) is 24.3 Å². The topological polar surface area (TPSA) is 29.1 Å². The largest absolute Gasteiger partial charge is 0.306 e. The summed E-state index contributed by atoms with van der Waals surface area (Å²) in [6.45, 7) is 0.810. The van der Waals surface area contributed by atoms with Gasteiger partial charge in [-0.05, 0) is 24.0 Å². The van der Waals surface area contributed by atoms with Gasteiger partial charge in [-0.3, -0.25) is 0 Å². The summed E-state index contributed by atoms with van der Waals surface area (Å²) in [5.74, 6) is 0. The lowest BCUT2D eigenvalue weighted by atomic mass is 9.69. The molecule has 0 bridgehead atoms. The van der Waals surface area contributed by atoms with Crippen molar-refractivity contribution in [1.29, 1.82) is 0 Å². The van der Waals surface area contributed by atoms with Gasteiger partial charge in [0.25, 0.3) is 0 Å². The highest BCUT2D eigenvalue weighted by Gasteiger charge is 2.37. The molecule has 1 fully saturated rings. The number of nitrogens with one attached hydrogen (secondary N) is 1. The zero-order chi connectivity index (χ0) is 13.8. The summed E-state index contributed by atoms with van der Waals surface area (Å²) < 4.78 is 0. The normalized spacial score (nSPS) is 21.3. The second kappa shape index (κ2) is 5.59. The molecule has 1 atom stereocenters. The van der Waals surface area contributed by atoms with Crippen molar-refractivity contribution in [2.75, 3.05) is 6.54 Å². The van der Waals surface area contributed by atoms with E-state index >= 15 is 0 Å². The summed E-state index contributed by atoms with van der Waals surface area (Å²) in [6.07, 6.45) is 2.91. The van der Waals surface area contributed by atoms with Gasteiger partial charge in [-0.2, -0.15) is 0 Å². The number of benzene rings is 2. The number of rotatable bonds is 3. The first-order valence-electron chi connectivity index (χ1n) is 7.15. The standard InChI is InChI=1S/C18H19NO/c20-13-17-11-12-18(14-19-17,15-7-3-1-4-8-15)16-9-5-2-6-10-16/h1-10,13,17,19H,11-12,14H2. The Hall–Kier alpha value is -1.93. The van der Waals surface area contributed by atoms with E-state index in [4.69, 9.17) is 0 Å². The summed E-state index contributed by atoms with van der Waals surface area (Å²) >= 11 is 0. The molecule has 1 aliphatic heterocycles. The van der Waals surface area contributed by atoms with E-state index in [1.54, 1.807) is 0 Å². The van der Waals surface area contributed by atoms with Gasteiger partial charge in [-0.25, -0.2) is 0 Å². The van der Waals surface area contributed by atoms with Gasteiger partial charge in [-0.15, -0.1) is 0 Å². The Morgan fingerprint density at radius 2 is 1.50 bits per heavy atom. The zero-order valence-electron chi connectivity index (χ0n) is 11.5. The van der Waals surface area contributed by atoms with E-state index in [0.29, 0.717) is 0 Å². The summed E-state index contributed by atoms with van der Waals surface area (Å²) in [7, 11) is 0. The monoisotopic (exact) mass is 265 g/mol. The lowest BCUT2D eigenvalue weighted by Crippen LogP contribution is -2.49. The van der Waals surface area contributed by atoms with E-state index in [2.05, 4.69) is 53.8 Å². The highest BCUT2D eigenvalue weighted by molar-refractivity contribution is 5.58. The van der Waals surface area contributed by atoms with Crippen molar-refractivity contribution in [2.24, 2.45) is 0 Å². The molecule has 0 amide bonds. The maximum atomic E-state index is 11.0. The van der Waals surface area contributed by atoms with Crippen LogP contribution in [0.15, 0.2) is 60.7 Å². The molecule has 1 N–H and O–H groups in total. The Balaban J connectivity index is 2.03. The first kappa shape index (κ1) is 13.1. The van der Waals surface area contributed by atoms with Gasteiger partial charge in [0.1, 0.15) is 6.29 Å². The van der Waals surface area contributed by atoms with Crippen LogP contribution in [0.5, 0.6) is 0 Å². The molecule has 0 saturated carbocycles. The summed E-state index contributed by atoms with van der Waals surface area (Å²) in [5, 5.41) is 3.39. The lowest BCUT2D eigenvalue weighted by molar-refractivity contribution is -0.110. The molecule has 3 rings (SSSR count). The van der Waals surface area contributed by atoms with Crippen molar-refractivity contribution >= 4 is 6.29 Å². The van der Waals surface area contributed by atoms with Gasteiger partial charge in [0.05, 0.1) is 6.04 Å². The summed E-state index contributed by atoms with van der Waals surface area (Å²) in [5.41, 5.74) is 2.62. The minimum Gasteiger partial charge on any atom is -0.306 e. The van der Waals surface area contributed by atoms with Gasteiger partial charge in [0.15, 0.2) is 0 Å². The van der Waals surface area contributed by atoms with Crippen molar-refractivity contribution < 1.29 is 4.79 Å². The molecule has 1 unspecified atom stereocenters. The Bertz CT molecular complexity index is 515. The summed E-state index contributed by atoms with van der Waals surface area (Å²) in [4.78, 5) is 11.0. The number of hydrogen-bond acceptors (Lipinski definition) is 2. The van der Waals surface area contributed by atoms with Crippen LogP contribution >= 0.6 is 0 Å². The Labute approximate surface area is 119 Å². The van der Waals surface area contributed by atoms with Gasteiger partial charge >= 0.3 is 0 Å². The quantitative estimate of drug-likeness (QED) is 0.865. The van der Waals surface area contributed by atoms with Crippen LogP contribution in [0.3, 0.4) is 0 Å². The zero-order valence-corrected chi connectivity index (χ0v) is 11.5. The number of piperidine rings is 1. The molecule has 1 aliphatic rings. The predicted molar refractivity (Wildman–Crippen MR) is 80.8 cm³/mol. The van der Waals surface area contributed by atoms with Crippen LogP contribution in [0, 0.1) is 0 Å². The molecule has 1 heterocycles. The highest BCUT2D eigenvalue weighted by Crippen LogP contribution is 2.38. The molecule has 0 aromatic heterocycles. The SMILES string of the molecule is O=CC1CCC(c2ccccc2)(c2ccccc2)CN1. The van der Waals surface area contributed by atoms with Crippen molar-refractivity contribution in [3.8, 4) is 0 Å². The van der Waals surface area contributed by atoms with E-state index in [1.807, 2.05) is 12.1 Å². The fourth-order valence-electron chi connectivity index (χ4n) is 3.19. The molecular weight excluding hydrogens is 246 g/mol. The van der Waals surface area contributed by atoms with E-state index in [9.17, 15) is 4.79 Å². The van der Waals surface area contributed by atoms with E-state index in [1.165, 1.54) is 11.1 Å². The van der Waals surface area contributed by atoms with Crippen LogP contribution < -0.4 is 5.32 Å². The molecule has 2 aromatic rings. The number of hydrogen-bond donors (Lipinski definition) is 1. The molecule has 0 radical (unpaired) electrons. The third kappa shape index (κ3) is 2.27. The molecule has 0 aliphatic carbocycles. The van der Waals surface area contributed by atoms with Crippen LogP contribution in [-0.2, 0) is 10.2 Å². The molecular formula is C18H19NO. The van der Waals surface area contributed by atoms with Crippen LogP contribution in [-0.4, -0.2) is 18.9 Å². The van der Waals surface area contributed by atoms with E-state index in [0.717, 1.165) is 25.7 Å². The average molecular weight is 265 g/mol. The lowest BCUT2D eigenvalue weighted by Gasteiger charge is -2.40. The Morgan fingerprint density at radius 1 is 0.950 bits per heavy atom. The van der Waals surface area contributed by atoms with Gasteiger partial charge in [0, 0.05) is 12.0 Å². The Morgan fingerprint density at radius 3 is 1.90 bits per heavy atom. The molecule has 0 spiro atoms. The minimum absolute atomic E-state index is 0.00412. The van der Waals surface area contributed by atoms with Crippen LogP contribution in [0.4, 0.5) is 0 Å². The molecule has 2 heteroatoms. The molecule has 2 nitrogen and oxygen atoms in total. The summed E-state index contributed by atoms with van der Waals surface area (Å²) in [6, 6.07) is 21.2. The first-order valence-corrected chi connectivity index (χ1v) is 7.15. The highest BCUT2D eigenvalue weighted by atomic mass is 16.1. The van der Waals surface area contributed by atoms with Crippen LogP contribution in [0.1, 0.15) is 24.0 Å². The minimum atomic E-state index is -0.0258. The van der Waals surface area contributed by atoms with E-state index in [-0.39, 0.29) is 11.5 Å². The van der Waals surface area contributed by atoms with Crippen molar-refractivity contribution in [3.63, 3.8) is 0 Å². The number of carbonyl (C=O) groups excluding carboxylic acids is 1. The maximum absolute atomic E-state index is 11.0.